The van der Waals surface area contributed by atoms with Crippen LogP contribution in [-0.2, 0) is 22.5 Å². The van der Waals surface area contributed by atoms with Gasteiger partial charge in [0.15, 0.2) is 18.2 Å². The summed E-state index contributed by atoms with van der Waals surface area (Å²) in [6.07, 6.45) is 6.48. The predicted octanol–water partition coefficient (Wildman–Crippen LogP) is 5.48. The van der Waals surface area contributed by atoms with E-state index in [-0.39, 0.29) is 23.9 Å². The second-order valence-electron chi connectivity index (χ2n) is 9.96. The Balaban J connectivity index is 0.00000181. The lowest BCUT2D eigenvalue weighted by Gasteiger charge is -2.41. The number of nitrogens with one attached hydrogen (secondary N) is 2. The first kappa shape index (κ1) is 29.9. The van der Waals surface area contributed by atoms with Crippen LogP contribution < -0.4 is 20.1 Å². The van der Waals surface area contributed by atoms with Crippen molar-refractivity contribution in [3.63, 3.8) is 0 Å². The van der Waals surface area contributed by atoms with Crippen LogP contribution in [0.3, 0.4) is 0 Å². The Morgan fingerprint density at radius 2 is 2.00 bits per heavy atom. The summed E-state index contributed by atoms with van der Waals surface area (Å²) < 4.78 is 31.0. The number of halogens is 2. The van der Waals surface area contributed by atoms with Gasteiger partial charge in [0.05, 0.1) is 41.7 Å². The first-order chi connectivity index (χ1) is 19.4. The van der Waals surface area contributed by atoms with Gasteiger partial charge in [-0.3, -0.25) is 9.78 Å². The molecule has 2 N–H and O–H groups in total. The number of methoxy groups -OCH3 is 2. The second kappa shape index (κ2) is 13.5. The fourth-order valence-electron chi connectivity index (χ4n) is 5.36. The average molecular weight is 574 g/mol. The molecule has 3 aromatic heterocycles. The first-order valence-corrected chi connectivity index (χ1v) is 14.1. The number of ether oxygens (including phenoxy) is 3. The molecular weight excluding hydrogens is 537 g/mol. The summed E-state index contributed by atoms with van der Waals surface area (Å²) in [6, 6.07) is 5.23. The topological polar surface area (TPSA) is 107 Å². The molecule has 1 aliphatic carbocycles. The van der Waals surface area contributed by atoms with Crippen molar-refractivity contribution in [2.24, 2.45) is 5.92 Å². The number of amides is 1. The van der Waals surface area contributed by atoms with Crippen molar-refractivity contribution < 1.29 is 23.4 Å². The summed E-state index contributed by atoms with van der Waals surface area (Å²) in [6.45, 7) is 4.93. The van der Waals surface area contributed by atoms with Gasteiger partial charge in [0.1, 0.15) is 5.82 Å². The van der Waals surface area contributed by atoms with Gasteiger partial charge in [-0.15, -0.1) is 0 Å². The van der Waals surface area contributed by atoms with Crippen molar-refractivity contribution in [2.45, 2.75) is 64.5 Å². The Hall–Kier alpha value is -3.08. The third kappa shape index (κ3) is 6.79. The molecule has 4 heterocycles. The molecule has 1 aliphatic heterocycles. The van der Waals surface area contributed by atoms with Gasteiger partial charge >= 0.3 is 0 Å². The minimum Gasteiger partial charge on any atom is -0.481 e. The number of fused-ring (bicyclic) bond motifs is 2. The highest BCUT2D eigenvalue weighted by Crippen LogP contribution is 2.37. The van der Waals surface area contributed by atoms with Crippen LogP contribution in [0, 0.1) is 11.7 Å². The third-order valence-corrected chi connectivity index (χ3v) is 7.82. The summed E-state index contributed by atoms with van der Waals surface area (Å²) in [5, 5.41) is 6.84. The standard InChI is InChI=1S/C27H31ClFN5O4.C2H6/c1-36-15-27(31-13-21-18(28)11-22-26(32-21)33-23(35)14-38-22)9-7-16(8-10-27)3-4-17-19(29)12-30-20-5-6-24(37-2)34-25(17)20;1-2/h5-6,11-12,16,31H,3-4,7-10,13-15H2,1-2H3,(H,32,33,35);1-2H3. The van der Waals surface area contributed by atoms with E-state index in [0.29, 0.717) is 70.3 Å². The van der Waals surface area contributed by atoms with Gasteiger partial charge in [-0.1, -0.05) is 25.4 Å². The minimum absolute atomic E-state index is 0.0462. The van der Waals surface area contributed by atoms with Crippen LogP contribution in [0.5, 0.6) is 11.6 Å². The van der Waals surface area contributed by atoms with Crippen molar-refractivity contribution in [3.05, 3.63) is 46.5 Å². The van der Waals surface area contributed by atoms with Crippen LogP contribution in [0.4, 0.5) is 10.2 Å². The monoisotopic (exact) mass is 573 g/mol. The maximum absolute atomic E-state index is 14.7. The maximum Gasteiger partial charge on any atom is 0.263 e. The molecule has 5 rings (SSSR count). The van der Waals surface area contributed by atoms with Crippen molar-refractivity contribution in [3.8, 4) is 11.6 Å². The summed E-state index contributed by atoms with van der Waals surface area (Å²) in [5.41, 5.74) is 2.22. The third-order valence-electron chi connectivity index (χ3n) is 7.50. The summed E-state index contributed by atoms with van der Waals surface area (Å²) >= 11 is 6.46. The van der Waals surface area contributed by atoms with E-state index in [1.807, 2.05) is 13.8 Å². The molecule has 0 aromatic carbocycles. The van der Waals surface area contributed by atoms with Gasteiger partial charge in [0, 0.05) is 36.9 Å². The number of rotatable bonds is 9. The normalized spacial score (nSPS) is 20.1. The van der Waals surface area contributed by atoms with E-state index < -0.39 is 0 Å². The number of carbonyl (C=O) groups is 1. The molecule has 0 unspecified atom stereocenters. The van der Waals surface area contributed by atoms with Gasteiger partial charge in [0.2, 0.25) is 5.88 Å². The molecule has 0 spiro atoms. The lowest BCUT2D eigenvalue weighted by Crippen LogP contribution is -2.51. The van der Waals surface area contributed by atoms with Gasteiger partial charge < -0.3 is 24.8 Å². The molecule has 0 saturated heterocycles. The molecule has 11 heteroatoms. The fourth-order valence-corrected chi connectivity index (χ4v) is 5.57. The minimum atomic E-state index is -0.333. The maximum atomic E-state index is 14.7. The smallest absolute Gasteiger partial charge is 0.263 e. The van der Waals surface area contributed by atoms with E-state index in [0.717, 1.165) is 32.1 Å². The van der Waals surface area contributed by atoms with Crippen LogP contribution in [0.25, 0.3) is 11.0 Å². The molecule has 40 heavy (non-hydrogen) atoms. The number of hydrogen-bond donors (Lipinski definition) is 2. The van der Waals surface area contributed by atoms with E-state index >= 15 is 0 Å². The number of nitrogens with zero attached hydrogens (tertiary/aromatic N) is 3. The molecule has 1 amide bonds. The molecule has 0 radical (unpaired) electrons. The molecule has 216 valence electrons. The molecule has 0 bridgehead atoms. The number of aryl methyl sites for hydroxylation is 1. The number of hydrogen-bond acceptors (Lipinski definition) is 8. The number of carbonyl (C=O) groups excluding carboxylic acids is 1. The van der Waals surface area contributed by atoms with Crippen molar-refractivity contribution in [1.29, 1.82) is 0 Å². The molecule has 2 aliphatic rings. The number of anilines is 1. The van der Waals surface area contributed by atoms with Crippen molar-refractivity contribution in [1.82, 2.24) is 20.3 Å². The highest BCUT2D eigenvalue weighted by Gasteiger charge is 2.35. The Bertz CT molecular complexity index is 1330. The molecule has 3 aromatic rings. The summed E-state index contributed by atoms with van der Waals surface area (Å²) in [4.78, 5) is 24.8. The van der Waals surface area contributed by atoms with Crippen LogP contribution in [-0.4, -0.2) is 53.8 Å². The highest BCUT2D eigenvalue weighted by molar-refractivity contribution is 6.31. The Morgan fingerprint density at radius 3 is 2.73 bits per heavy atom. The average Bonchev–Trinajstić information content (AvgIpc) is 2.97. The number of pyridine rings is 3. The van der Waals surface area contributed by atoms with Crippen LogP contribution in [0.1, 0.15) is 57.2 Å². The zero-order valence-electron chi connectivity index (χ0n) is 23.5. The van der Waals surface area contributed by atoms with Gasteiger partial charge in [-0.25, -0.2) is 14.4 Å². The molecule has 1 saturated carbocycles. The largest absolute Gasteiger partial charge is 0.481 e. The van der Waals surface area contributed by atoms with E-state index in [1.165, 1.54) is 6.20 Å². The van der Waals surface area contributed by atoms with Crippen LogP contribution in [0.2, 0.25) is 5.02 Å². The van der Waals surface area contributed by atoms with Crippen LogP contribution >= 0.6 is 11.6 Å². The van der Waals surface area contributed by atoms with E-state index in [2.05, 4.69) is 25.6 Å². The first-order valence-electron chi connectivity index (χ1n) is 13.7. The van der Waals surface area contributed by atoms with E-state index in [9.17, 15) is 9.18 Å². The lowest BCUT2D eigenvalue weighted by atomic mass is 9.75. The quantitative estimate of drug-likeness (QED) is 0.346. The Labute approximate surface area is 239 Å². The summed E-state index contributed by atoms with van der Waals surface area (Å²) in [7, 11) is 3.25. The van der Waals surface area contributed by atoms with Gasteiger partial charge in [-0.2, -0.15) is 0 Å². The Kier molecular flexibility index (Phi) is 10.1. The van der Waals surface area contributed by atoms with Crippen molar-refractivity contribution >= 4 is 34.4 Å². The molecule has 1 fully saturated rings. The fraction of sp³-hybridized carbons (Fsp3) is 0.517. The second-order valence-corrected chi connectivity index (χ2v) is 10.4. The SMILES string of the molecule is CC.COCC1(NCc2nc3c(cc2Cl)OCC(=O)N3)CCC(CCc2c(F)cnc3ccc(OC)nc23)CC1. The molecule has 9 nitrogen and oxygen atoms in total. The zero-order valence-corrected chi connectivity index (χ0v) is 24.2. The summed E-state index contributed by atoms with van der Waals surface area (Å²) in [5.74, 6) is 1.18. The lowest BCUT2D eigenvalue weighted by molar-refractivity contribution is -0.118. The van der Waals surface area contributed by atoms with E-state index in [4.69, 9.17) is 25.8 Å². The van der Waals surface area contributed by atoms with Crippen LogP contribution in [0.15, 0.2) is 24.4 Å². The van der Waals surface area contributed by atoms with Crippen molar-refractivity contribution in [2.75, 3.05) is 32.8 Å². The van der Waals surface area contributed by atoms with Gasteiger partial charge in [-0.05, 0) is 50.5 Å². The zero-order chi connectivity index (χ0) is 28.7. The predicted molar refractivity (Wildman–Crippen MR) is 152 cm³/mol. The molecule has 0 atom stereocenters. The highest BCUT2D eigenvalue weighted by atomic mass is 35.5. The van der Waals surface area contributed by atoms with E-state index in [1.54, 1.807) is 32.4 Å². The Morgan fingerprint density at radius 1 is 1.23 bits per heavy atom. The molecular formula is C29H37ClFN5O4. The van der Waals surface area contributed by atoms with Gasteiger partial charge in [0.25, 0.3) is 5.91 Å². The number of aromatic nitrogens is 3.